The summed E-state index contributed by atoms with van der Waals surface area (Å²) in [5, 5.41) is 6.03. The first-order valence-electron chi connectivity index (χ1n) is 6.43. The highest BCUT2D eigenvalue weighted by Crippen LogP contribution is 2.27. The zero-order chi connectivity index (χ0) is 14.3. The van der Waals surface area contributed by atoms with E-state index in [-0.39, 0.29) is 6.04 Å². The van der Waals surface area contributed by atoms with Gasteiger partial charge in [0, 0.05) is 23.2 Å². The van der Waals surface area contributed by atoms with Crippen molar-refractivity contribution in [3.05, 3.63) is 52.8 Å². The Balaban J connectivity index is 2.33. The lowest BCUT2D eigenvalue weighted by atomic mass is 10.1. The molecule has 3 aromatic rings. The number of hydrogen-bond donors (Lipinski definition) is 1. The molecule has 0 bridgehead atoms. The van der Waals surface area contributed by atoms with Crippen LogP contribution in [0.2, 0.25) is 5.02 Å². The van der Waals surface area contributed by atoms with Crippen molar-refractivity contribution in [3.8, 4) is 5.82 Å². The lowest BCUT2D eigenvalue weighted by Gasteiger charge is -2.14. The van der Waals surface area contributed by atoms with E-state index in [2.05, 4.69) is 10.1 Å². The van der Waals surface area contributed by atoms with Crippen LogP contribution in [0, 0.1) is 6.92 Å². The first-order valence-corrected chi connectivity index (χ1v) is 6.81. The van der Waals surface area contributed by atoms with E-state index in [1.807, 2.05) is 50.4 Å². The van der Waals surface area contributed by atoms with Crippen molar-refractivity contribution in [2.24, 2.45) is 5.73 Å². The van der Waals surface area contributed by atoms with Crippen LogP contribution in [0.5, 0.6) is 0 Å². The first-order chi connectivity index (χ1) is 9.56. The number of pyridine rings is 1. The third-order valence-corrected chi connectivity index (χ3v) is 3.54. The van der Waals surface area contributed by atoms with Crippen LogP contribution in [0.4, 0.5) is 0 Å². The van der Waals surface area contributed by atoms with E-state index in [1.165, 1.54) is 0 Å². The molecule has 0 fully saturated rings. The van der Waals surface area contributed by atoms with Gasteiger partial charge in [-0.15, -0.1) is 0 Å². The fraction of sp³-hybridized carbons (Fsp3) is 0.200. The molecule has 4 nitrogen and oxygen atoms in total. The summed E-state index contributed by atoms with van der Waals surface area (Å²) in [4.78, 5) is 4.67. The summed E-state index contributed by atoms with van der Waals surface area (Å²) in [6.45, 7) is 3.88. The van der Waals surface area contributed by atoms with Crippen molar-refractivity contribution in [1.82, 2.24) is 14.8 Å². The Hall–Kier alpha value is -1.91. The molecule has 3 rings (SSSR count). The Morgan fingerprint density at radius 1 is 1.30 bits per heavy atom. The molecule has 0 aliphatic rings. The summed E-state index contributed by atoms with van der Waals surface area (Å²) in [5.41, 5.74) is 8.72. The van der Waals surface area contributed by atoms with Crippen molar-refractivity contribution in [2.45, 2.75) is 19.9 Å². The average molecular weight is 287 g/mol. The van der Waals surface area contributed by atoms with E-state index >= 15 is 0 Å². The Morgan fingerprint density at radius 2 is 2.10 bits per heavy atom. The maximum Gasteiger partial charge on any atom is 0.158 e. The maximum absolute atomic E-state index is 6.23. The standard InChI is InChI=1S/C15H15ClN4/c1-9-6-7-20(19-9)15-12(10(2)17)8-11-4-3-5-13(16)14(11)18-15/h3-8,10H,17H2,1-2H3/t10-/m0/s1. The van der Waals surface area contributed by atoms with Gasteiger partial charge in [0.1, 0.15) is 0 Å². The molecule has 0 radical (unpaired) electrons. The van der Waals surface area contributed by atoms with E-state index < -0.39 is 0 Å². The van der Waals surface area contributed by atoms with Crippen molar-refractivity contribution in [2.75, 3.05) is 0 Å². The van der Waals surface area contributed by atoms with Crippen LogP contribution in [-0.4, -0.2) is 14.8 Å². The molecule has 0 amide bonds. The third-order valence-electron chi connectivity index (χ3n) is 3.23. The van der Waals surface area contributed by atoms with E-state index in [0.717, 1.165) is 28.0 Å². The summed E-state index contributed by atoms with van der Waals surface area (Å²) in [5.74, 6) is 0.730. The van der Waals surface area contributed by atoms with Crippen molar-refractivity contribution >= 4 is 22.5 Å². The first kappa shape index (κ1) is 13.1. The molecule has 0 saturated heterocycles. The second-order valence-corrected chi connectivity index (χ2v) is 5.31. The monoisotopic (exact) mass is 286 g/mol. The SMILES string of the molecule is Cc1ccn(-c2nc3c(Cl)cccc3cc2[C@H](C)N)n1. The minimum Gasteiger partial charge on any atom is -0.324 e. The largest absolute Gasteiger partial charge is 0.324 e. The topological polar surface area (TPSA) is 56.7 Å². The number of hydrogen-bond acceptors (Lipinski definition) is 3. The number of benzene rings is 1. The van der Waals surface area contributed by atoms with Gasteiger partial charge in [-0.1, -0.05) is 23.7 Å². The summed E-state index contributed by atoms with van der Waals surface area (Å²) in [6, 6.07) is 9.56. The maximum atomic E-state index is 6.23. The summed E-state index contributed by atoms with van der Waals surface area (Å²) in [7, 11) is 0. The number of aromatic nitrogens is 3. The second-order valence-electron chi connectivity index (χ2n) is 4.90. The van der Waals surface area contributed by atoms with Gasteiger partial charge in [-0.2, -0.15) is 5.10 Å². The molecule has 2 heterocycles. The zero-order valence-corrected chi connectivity index (χ0v) is 12.1. The number of halogens is 1. The fourth-order valence-electron chi connectivity index (χ4n) is 2.22. The predicted octanol–water partition coefficient (Wildman–Crippen LogP) is 3.40. The number of fused-ring (bicyclic) bond motifs is 1. The Labute approximate surface area is 122 Å². The van der Waals surface area contributed by atoms with Crippen LogP contribution in [0.15, 0.2) is 36.5 Å². The molecule has 1 atom stereocenters. The van der Waals surface area contributed by atoms with Gasteiger partial charge in [-0.25, -0.2) is 9.67 Å². The van der Waals surface area contributed by atoms with Gasteiger partial charge < -0.3 is 5.73 Å². The van der Waals surface area contributed by atoms with E-state index in [1.54, 1.807) is 4.68 Å². The van der Waals surface area contributed by atoms with Gasteiger partial charge in [-0.05, 0) is 32.0 Å². The minimum atomic E-state index is -0.134. The molecular formula is C15H15ClN4. The smallest absolute Gasteiger partial charge is 0.158 e. The number of rotatable bonds is 2. The molecule has 0 saturated carbocycles. The molecule has 0 aliphatic heterocycles. The normalized spacial score (nSPS) is 12.8. The van der Waals surface area contributed by atoms with Crippen molar-refractivity contribution in [1.29, 1.82) is 0 Å². The van der Waals surface area contributed by atoms with Crippen LogP contribution in [0.25, 0.3) is 16.7 Å². The Bertz CT molecular complexity index is 777. The van der Waals surface area contributed by atoms with E-state index in [9.17, 15) is 0 Å². The van der Waals surface area contributed by atoms with E-state index in [0.29, 0.717) is 5.02 Å². The minimum absolute atomic E-state index is 0.134. The molecule has 5 heteroatoms. The molecule has 0 unspecified atom stereocenters. The molecule has 2 aromatic heterocycles. The van der Waals surface area contributed by atoms with Gasteiger partial charge in [0.25, 0.3) is 0 Å². The quantitative estimate of drug-likeness (QED) is 0.785. The predicted molar refractivity (Wildman–Crippen MR) is 81.2 cm³/mol. The number of nitrogens with two attached hydrogens (primary N) is 1. The van der Waals surface area contributed by atoms with Gasteiger partial charge >= 0.3 is 0 Å². The average Bonchev–Trinajstić information content (AvgIpc) is 2.84. The Morgan fingerprint density at radius 3 is 2.75 bits per heavy atom. The van der Waals surface area contributed by atoms with Gasteiger partial charge in [0.2, 0.25) is 0 Å². The van der Waals surface area contributed by atoms with Gasteiger partial charge in [-0.3, -0.25) is 0 Å². The van der Waals surface area contributed by atoms with Gasteiger partial charge in [0.15, 0.2) is 5.82 Å². The Kier molecular flexibility index (Phi) is 3.20. The highest BCUT2D eigenvalue weighted by molar-refractivity contribution is 6.35. The lowest BCUT2D eigenvalue weighted by molar-refractivity contribution is 0.762. The highest BCUT2D eigenvalue weighted by atomic mass is 35.5. The van der Waals surface area contributed by atoms with E-state index in [4.69, 9.17) is 17.3 Å². The fourth-order valence-corrected chi connectivity index (χ4v) is 2.44. The molecule has 102 valence electrons. The van der Waals surface area contributed by atoms with Crippen LogP contribution in [0.3, 0.4) is 0 Å². The summed E-state index contributed by atoms with van der Waals surface area (Å²) in [6.07, 6.45) is 1.88. The van der Waals surface area contributed by atoms with Crippen LogP contribution >= 0.6 is 11.6 Å². The summed E-state index contributed by atoms with van der Waals surface area (Å²) < 4.78 is 1.75. The number of aryl methyl sites for hydroxylation is 1. The van der Waals surface area contributed by atoms with Crippen molar-refractivity contribution in [3.63, 3.8) is 0 Å². The van der Waals surface area contributed by atoms with Gasteiger partial charge in [0.05, 0.1) is 16.2 Å². The van der Waals surface area contributed by atoms with Crippen LogP contribution < -0.4 is 5.73 Å². The summed E-state index contributed by atoms with van der Waals surface area (Å²) >= 11 is 6.23. The molecule has 1 aromatic carbocycles. The van der Waals surface area contributed by atoms with Crippen LogP contribution in [-0.2, 0) is 0 Å². The second kappa shape index (κ2) is 4.89. The molecular weight excluding hydrogens is 272 g/mol. The number of para-hydroxylation sites is 1. The van der Waals surface area contributed by atoms with Crippen molar-refractivity contribution < 1.29 is 0 Å². The molecule has 0 aliphatic carbocycles. The highest BCUT2D eigenvalue weighted by Gasteiger charge is 2.14. The van der Waals surface area contributed by atoms with Crippen LogP contribution in [0.1, 0.15) is 24.2 Å². The lowest BCUT2D eigenvalue weighted by Crippen LogP contribution is -2.12. The zero-order valence-electron chi connectivity index (χ0n) is 11.3. The third kappa shape index (κ3) is 2.17. The number of nitrogens with zero attached hydrogens (tertiary/aromatic N) is 3. The molecule has 2 N–H and O–H groups in total. The molecule has 0 spiro atoms. The molecule has 20 heavy (non-hydrogen) atoms.